The van der Waals surface area contributed by atoms with E-state index in [-0.39, 0.29) is 12.1 Å². The number of hydrogen-bond acceptors (Lipinski definition) is 2. The summed E-state index contributed by atoms with van der Waals surface area (Å²) in [4.78, 5) is 11.6. The summed E-state index contributed by atoms with van der Waals surface area (Å²) in [5.74, 6) is -0.282. The number of hydrogen-bond donors (Lipinski definition) is 0. The molecule has 0 aliphatic heterocycles. The Balaban J connectivity index is 1.82. The lowest BCUT2D eigenvalue weighted by Gasteiger charge is -2.26. The van der Waals surface area contributed by atoms with E-state index in [4.69, 9.17) is 16.3 Å². The van der Waals surface area contributed by atoms with Gasteiger partial charge in [0, 0.05) is 0 Å². The van der Waals surface area contributed by atoms with Crippen LogP contribution in [0.5, 0.6) is 0 Å². The number of benzene rings is 1. The fraction of sp³-hybridized carbons (Fsp3) is 0.462. The van der Waals surface area contributed by atoms with Crippen molar-refractivity contribution < 1.29 is 9.53 Å². The van der Waals surface area contributed by atoms with Crippen molar-refractivity contribution >= 4 is 17.6 Å². The first-order chi connectivity index (χ1) is 7.75. The Morgan fingerprint density at radius 3 is 2.62 bits per heavy atom. The van der Waals surface area contributed by atoms with Crippen LogP contribution >= 0.6 is 11.6 Å². The largest absolute Gasteiger partial charge is 0.461 e. The van der Waals surface area contributed by atoms with Gasteiger partial charge in [0.2, 0.25) is 0 Å². The van der Waals surface area contributed by atoms with Crippen LogP contribution in [0.15, 0.2) is 30.3 Å². The molecule has 0 amide bonds. The molecule has 0 N–H and O–H groups in total. The second-order valence-corrected chi connectivity index (χ2v) is 4.67. The number of carbonyl (C=O) groups excluding carboxylic acids is 1. The summed E-state index contributed by atoms with van der Waals surface area (Å²) >= 11 is 6.02. The van der Waals surface area contributed by atoms with E-state index in [9.17, 15) is 4.79 Å². The van der Waals surface area contributed by atoms with Crippen molar-refractivity contribution in [2.24, 2.45) is 0 Å². The van der Waals surface area contributed by atoms with Gasteiger partial charge in [0.1, 0.15) is 11.5 Å². The molecule has 1 fully saturated rings. The predicted molar refractivity (Wildman–Crippen MR) is 63.5 cm³/mol. The summed E-state index contributed by atoms with van der Waals surface area (Å²) < 4.78 is 5.25. The van der Waals surface area contributed by atoms with Gasteiger partial charge in [0.05, 0.1) is 0 Å². The topological polar surface area (TPSA) is 26.3 Å². The SMILES string of the molecule is O=C(OC1CCC1)C(Cl)Cc1ccccc1. The van der Waals surface area contributed by atoms with Crippen molar-refractivity contribution in [3.05, 3.63) is 35.9 Å². The van der Waals surface area contributed by atoms with E-state index in [1.54, 1.807) is 0 Å². The molecule has 3 heteroatoms. The smallest absolute Gasteiger partial charge is 0.324 e. The first kappa shape index (κ1) is 11.5. The number of alkyl halides is 1. The molecule has 1 unspecified atom stereocenters. The lowest BCUT2D eigenvalue weighted by atomic mass is 9.96. The van der Waals surface area contributed by atoms with E-state index in [1.807, 2.05) is 30.3 Å². The standard InChI is InChI=1S/C13H15ClO2/c14-12(9-10-5-2-1-3-6-10)13(15)16-11-7-4-8-11/h1-3,5-6,11-12H,4,7-9H2. The summed E-state index contributed by atoms with van der Waals surface area (Å²) in [6.45, 7) is 0. The second kappa shape index (κ2) is 5.35. The van der Waals surface area contributed by atoms with Gasteiger partial charge in [0.15, 0.2) is 0 Å². The van der Waals surface area contributed by atoms with E-state index in [0.717, 1.165) is 24.8 Å². The molecular weight excluding hydrogens is 224 g/mol. The maximum atomic E-state index is 11.6. The lowest BCUT2D eigenvalue weighted by molar-refractivity contribution is -0.152. The molecule has 1 aliphatic carbocycles. The summed E-state index contributed by atoms with van der Waals surface area (Å²) in [5, 5.41) is -0.567. The molecule has 1 saturated carbocycles. The summed E-state index contributed by atoms with van der Waals surface area (Å²) in [5.41, 5.74) is 1.06. The van der Waals surface area contributed by atoms with Crippen LogP contribution in [0.2, 0.25) is 0 Å². The van der Waals surface area contributed by atoms with Gasteiger partial charge < -0.3 is 4.74 Å². The molecule has 2 rings (SSSR count). The van der Waals surface area contributed by atoms with Crippen molar-refractivity contribution in [2.45, 2.75) is 37.2 Å². The molecule has 1 aromatic carbocycles. The average Bonchev–Trinajstić information content (AvgIpc) is 2.24. The maximum absolute atomic E-state index is 11.6. The quantitative estimate of drug-likeness (QED) is 0.596. The number of esters is 1. The molecule has 0 bridgehead atoms. The van der Waals surface area contributed by atoms with Crippen LogP contribution in [-0.4, -0.2) is 17.5 Å². The monoisotopic (exact) mass is 238 g/mol. The zero-order valence-electron chi connectivity index (χ0n) is 9.06. The fourth-order valence-corrected chi connectivity index (χ4v) is 1.86. The lowest BCUT2D eigenvalue weighted by Crippen LogP contribution is -2.30. The van der Waals surface area contributed by atoms with Gasteiger partial charge in [-0.25, -0.2) is 0 Å². The van der Waals surface area contributed by atoms with Gasteiger partial charge in [-0.1, -0.05) is 30.3 Å². The third kappa shape index (κ3) is 2.99. The molecule has 1 atom stereocenters. The number of carbonyl (C=O) groups is 1. The van der Waals surface area contributed by atoms with Crippen LogP contribution < -0.4 is 0 Å². The fourth-order valence-electron chi connectivity index (χ4n) is 1.63. The zero-order valence-corrected chi connectivity index (χ0v) is 9.82. The molecule has 0 radical (unpaired) electrons. The average molecular weight is 239 g/mol. The predicted octanol–water partition coefficient (Wildman–Crippen LogP) is 2.93. The Hall–Kier alpha value is -1.02. The summed E-state index contributed by atoms with van der Waals surface area (Å²) in [6, 6.07) is 9.75. The van der Waals surface area contributed by atoms with Crippen LogP contribution in [0.25, 0.3) is 0 Å². The van der Waals surface area contributed by atoms with Crippen LogP contribution in [0, 0.1) is 0 Å². The van der Waals surface area contributed by atoms with Gasteiger partial charge >= 0.3 is 5.97 Å². The van der Waals surface area contributed by atoms with Gasteiger partial charge in [-0.15, -0.1) is 11.6 Å². The van der Waals surface area contributed by atoms with Crippen LogP contribution in [0.4, 0.5) is 0 Å². The highest BCUT2D eigenvalue weighted by Crippen LogP contribution is 2.23. The van der Waals surface area contributed by atoms with Crippen LogP contribution in [-0.2, 0) is 16.0 Å². The Bertz CT molecular complexity index is 346. The Kier molecular flexibility index (Phi) is 3.83. The van der Waals surface area contributed by atoms with E-state index >= 15 is 0 Å². The van der Waals surface area contributed by atoms with Crippen molar-refractivity contribution in [2.75, 3.05) is 0 Å². The molecule has 1 aliphatic rings. The molecule has 0 aromatic heterocycles. The van der Waals surface area contributed by atoms with Crippen LogP contribution in [0.3, 0.4) is 0 Å². The van der Waals surface area contributed by atoms with E-state index in [1.165, 1.54) is 0 Å². The van der Waals surface area contributed by atoms with Gasteiger partial charge in [-0.2, -0.15) is 0 Å². The highest BCUT2D eigenvalue weighted by atomic mass is 35.5. The first-order valence-electron chi connectivity index (χ1n) is 5.64. The molecule has 1 aromatic rings. The maximum Gasteiger partial charge on any atom is 0.324 e. The van der Waals surface area contributed by atoms with Gasteiger partial charge in [-0.05, 0) is 31.2 Å². The molecule has 86 valence electrons. The van der Waals surface area contributed by atoms with Crippen molar-refractivity contribution in [3.8, 4) is 0 Å². The normalized spacial score (nSPS) is 17.6. The highest BCUT2D eigenvalue weighted by Gasteiger charge is 2.25. The minimum absolute atomic E-state index is 0.115. The number of halogens is 1. The zero-order chi connectivity index (χ0) is 11.4. The molecule has 2 nitrogen and oxygen atoms in total. The minimum atomic E-state index is -0.567. The first-order valence-corrected chi connectivity index (χ1v) is 6.08. The summed E-state index contributed by atoms with van der Waals surface area (Å²) in [6.07, 6.45) is 3.78. The van der Waals surface area contributed by atoms with E-state index < -0.39 is 5.38 Å². The van der Waals surface area contributed by atoms with Gasteiger partial charge in [0.25, 0.3) is 0 Å². The Morgan fingerprint density at radius 1 is 1.38 bits per heavy atom. The second-order valence-electron chi connectivity index (χ2n) is 4.15. The molecule has 0 heterocycles. The number of ether oxygens (including phenoxy) is 1. The number of rotatable bonds is 4. The molecule has 16 heavy (non-hydrogen) atoms. The molecule has 0 saturated heterocycles. The minimum Gasteiger partial charge on any atom is -0.461 e. The highest BCUT2D eigenvalue weighted by molar-refractivity contribution is 6.30. The van der Waals surface area contributed by atoms with Crippen molar-refractivity contribution in [1.29, 1.82) is 0 Å². The van der Waals surface area contributed by atoms with Gasteiger partial charge in [-0.3, -0.25) is 4.79 Å². The van der Waals surface area contributed by atoms with Crippen molar-refractivity contribution in [1.82, 2.24) is 0 Å². The molecular formula is C13H15ClO2. The van der Waals surface area contributed by atoms with Crippen LogP contribution in [0.1, 0.15) is 24.8 Å². The van der Waals surface area contributed by atoms with Crippen molar-refractivity contribution in [3.63, 3.8) is 0 Å². The molecule has 0 spiro atoms. The Labute approximate surface area is 101 Å². The third-order valence-corrected chi connectivity index (χ3v) is 3.18. The van der Waals surface area contributed by atoms with E-state index in [2.05, 4.69) is 0 Å². The van der Waals surface area contributed by atoms with E-state index in [0.29, 0.717) is 6.42 Å². The Morgan fingerprint density at radius 2 is 2.06 bits per heavy atom. The summed E-state index contributed by atoms with van der Waals surface area (Å²) in [7, 11) is 0. The third-order valence-electron chi connectivity index (χ3n) is 2.85.